The van der Waals surface area contributed by atoms with E-state index in [-0.39, 0.29) is 25.2 Å². The lowest BCUT2D eigenvalue weighted by Gasteiger charge is -2.22. The molecule has 2 aliphatic rings. The first-order valence-electron chi connectivity index (χ1n) is 16.7. The molecule has 2 aromatic carbocycles. The molecule has 51 heavy (non-hydrogen) atoms. The first-order chi connectivity index (χ1) is 24.8. The first kappa shape index (κ1) is 36.1. The highest BCUT2D eigenvalue weighted by atomic mass is 35.5. The van der Waals surface area contributed by atoms with Crippen LogP contribution >= 0.6 is 34.7 Å². The molecule has 2 fully saturated rings. The van der Waals surface area contributed by atoms with Crippen molar-refractivity contribution in [3.63, 3.8) is 0 Å². The summed E-state index contributed by atoms with van der Waals surface area (Å²) < 4.78 is 11.1. The Hall–Kier alpha value is -4.66. The zero-order valence-corrected chi connectivity index (χ0v) is 30.4. The second kappa shape index (κ2) is 17.0. The Morgan fingerprint density at radius 3 is 2.45 bits per heavy atom. The van der Waals surface area contributed by atoms with Crippen LogP contribution in [0.5, 0.6) is 5.75 Å². The normalized spacial score (nSPS) is 15.9. The van der Waals surface area contributed by atoms with E-state index in [1.165, 1.54) is 11.8 Å². The molecule has 11 nitrogen and oxygen atoms in total. The number of carbonyl (C=O) groups excluding carboxylic acids is 2. The number of thioether (sulfide) groups is 1. The molecular weight excluding hydrogens is 706 g/mol. The van der Waals surface area contributed by atoms with Gasteiger partial charge in [0.25, 0.3) is 0 Å². The fourth-order valence-electron chi connectivity index (χ4n) is 5.98. The zero-order valence-electron chi connectivity index (χ0n) is 28.0. The van der Waals surface area contributed by atoms with Crippen LogP contribution in [0.1, 0.15) is 49.4 Å². The SMILES string of the molecule is CC(NC(=O)C1CCCN1)C(=O)OCCOc1ccc(-c2c(C#N)c(SCc3csc(-c4ccc(Cl)cc4)n3)nc(N3CCCC3)c2C#N)cc1. The summed E-state index contributed by atoms with van der Waals surface area (Å²) in [6.45, 7) is 4.06. The van der Waals surface area contributed by atoms with Crippen LogP contribution in [0.15, 0.2) is 58.9 Å². The van der Waals surface area contributed by atoms with Crippen LogP contribution in [0.4, 0.5) is 5.82 Å². The minimum atomic E-state index is -0.773. The van der Waals surface area contributed by atoms with E-state index in [1.807, 2.05) is 41.8 Å². The van der Waals surface area contributed by atoms with Crippen molar-refractivity contribution in [1.29, 1.82) is 10.5 Å². The molecule has 2 unspecified atom stereocenters. The molecule has 2 N–H and O–H groups in total. The van der Waals surface area contributed by atoms with Crippen LogP contribution in [0, 0.1) is 22.7 Å². The minimum absolute atomic E-state index is 0.00392. The third-order valence-corrected chi connectivity index (χ3v) is 10.8. The van der Waals surface area contributed by atoms with Gasteiger partial charge < -0.3 is 25.0 Å². The maximum Gasteiger partial charge on any atom is 0.328 e. The Morgan fingerprint density at radius 1 is 1.04 bits per heavy atom. The molecule has 0 aliphatic carbocycles. The van der Waals surface area contributed by atoms with Crippen LogP contribution in [-0.4, -0.2) is 66.8 Å². The fourth-order valence-corrected chi connectivity index (χ4v) is 7.91. The van der Waals surface area contributed by atoms with Crippen molar-refractivity contribution >= 4 is 52.4 Å². The molecule has 1 amide bonds. The molecule has 0 radical (unpaired) electrons. The summed E-state index contributed by atoms with van der Waals surface area (Å²) in [7, 11) is 0. The van der Waals surface area contributed by atoms with E-state index in [9.17, 15) is 20.1 Å². The average Bonchev–Trinajstić information content (AvgIpc) is 3.97. The van der Waals surface area contributed by atoms with Crippen molar-refractivity contribution < 1.29 is 19.1 Å². The number of benzene rings is 2. The van der Waals surface area contributed by atoms with Crippen LogP contribution in [-0.2, 0) is 20.1 Å². The summed E-state index contributed by atoms with van der Waals surface area (Å²) in [5, 5.41) is 30.8. The molecule has 2 aromatic heterocycles. The molecule has 0 saturated carbocycles. The number of nitrogens with zero attached hydrogens (tertiary/aromatic N) is 5. The number of anilines is 1. The molecule has 2 aliphatic heterocycles. The van der Waals surface area contributed by atoms with E-state index >= 15 is 0 Å². The van der Waals surface area contributed by atoms with E-state index in [0.29, 0.717) is 49.6 Å². The van der Waals surface area contributed by atoms with Gasteiger partial charge in [-0.1, -0.05) is 47.6 Å². The number of hydrogen-bond donors (Lipinski definition) is 2. The van der Waals surface area contributed by atoms with E-state index in [1.54, 1.807) is 30.4 Å². The quantitative estimate of drug-likeness (QED) is 0.0897. The Labute approximate surface area is 309 Å². The lowest BCUT2D eigenvalue weighted by Crippen LogP contribution is -2.47. The number of thiazole rings is 1. The Morgan fingerprint density at radius 2 is 1.76 bits per heavy atom. The number of nitriles is 2. The van der Waals surface area contributed by atoms with Crippen molar-refractivity contribution in [2.24, 2.45) is 0 Å². The van der Waals surface area contributed by atoms with Crippen LogP contribution in [0.3, 0.4) is 0 Å². The van der Waals surface area contributed by atoms with Gasteiger partial charge in [-0.2, -0.15) is 10.5 Å². The van der Waals surface area contributed by atoms with Gasteiger partial charge in [0.1, 0.15) is 58.6 Å². The van der Waals surface area contributed by atoms with Gasteiger partial charge in [-0.05, 0) is 69.0 Å². The van der Waals surface area contributed by atoms with Gasteiger partial charge in [0.15, 0.2) is 0 Å². The predicted octanol–water partition coefficient (Wildman–Crippen LogP) is 6.34. The van der Waals surface area contributed by atoms with E-state index in [4.69, 9.17) is 31.0 Å². The number of nitrogens with one attached hydrogen (secondary N) is 2. The summed E-state index contributed by atoms with van der Waals surface area (Å²) >= 11 is 9.03. The smallest absolute Gasteiger partial charge is 0.328 e. The molecule has 2 atom stereocenters. The van der Waals surface area contributed by atoms with Gasteiger partial charge in [-0.15, -0.1) is 11.3 Å². The summed E-state index contributed by atoms with van der Waals surface area (Å²) in [6, 6.07) is 18.3. The number of halogens is 1. The standard InChI is InChI=1S/C37H36ClN7O4S2/c1-23(42-34(46)31-5-4-14-41-31)37(47)49-18-17-48-28-12-8-24(9-13-28)32-29(19-39)33(45-15-2-3-16-45)44-36(30(32)20-40)51-22-27-21-50-35(43-27)25-6-10-26(38)11-7-25/h6-13,21,23,31,41H,2-5,14-18,22H2,1H3,(H,42,46). The summed E-state index contributed by atoms with van der Waals surface area (Å²) in [6.07, 6.45) is 3.68. The molecular formula is C37H36ClN7O4S2. The van der Waals surface area contributed by atoms with E-state index in [0.717, 1.165) is 61.6 Å². The molecule has 4 aromatic rings. The van der Waals surface area contributed by atoms with Gasteiger partial charge >= 0.3 is 5.97 Å². The summed E-state index contributed by atoms with van der Waals surface area (Å²) in [4.78, 5) is 36.5. The maximum absolute atomic E-state index is 12.4. The molecule has 262 valence electrons. The second-order valence-corrected chi connectivity index (χ2v) is 14.4. The number of ether oxygens (including phenoxy) is 2. The summed E-state index contributed by atoms with van der Waals surface area (Å²) in [5.74, 6) is 0.868. The van der Waals surface area contributed by atoms with Crippen molar-refractivity contribution in [2.75, 3.05) is 37.7 Å². The lowest BCUT2D eigenvalue weighted by molar-refractivity contribution is -0.148. The van der Waals surface area contributed by atoms with E-state index < -0.39 is 12.0 Å². The third-order valence-electron chi connectivity index (χ3n) is 8.60. The number of hydrogen-bond acceptors (Lipinski definition) is 12. The van der Waals surface area contributed by atoms with Gasteiger partial charge in [0.05, 0.1) is 17.3 Å². The van der Waals surface area contributed by atoms with Crippen molar-refractivity contribution in [2.45, 2.75) is 55.5 Å². The monoisotopic (exact) mass is 741 g/mol. The molecule has 6 rings (SSSR count). The van der Waals surface area contributed by atoms with Crippen LogP contribution in [0.2, 0.25) is 5.02 Å². The first-order valence-corrected chi connectivity index (χ1v) is 19.0. The highest BCUT2D eigenvalue weighted by Gasteiger charge is 2.27. The lowest BCUT2D eigenvalue weighted by atomic mass is 9.96. The number of aromatic nitrogens is 2. The Bertz CT molecular complexity index is 1950. The predicted molar refractivity (Wildman–Crippen MR) is 198 cm³/mol. The minimum Gasteiger partial charge on any atom is -0.490 e. The Kier molecular flexibility index (Phi) is 12.1. The van der Waals surface area contributed by atoms with E-state index in [2.05, 4.69) is 27.7 Å². The average molecular weight is 742 g/mol. The second-order valence-electron chi connectivity index (χ2n) is 12.1. The fraction of sp³-hybridized carbons (Fsp3) is 0.351. The number of rotatable bonds is 13. The zero-order chi connectivity index (χ0) is 35.7. The largest absolute Gasteiger partial charge is 0.490 e. The van der Waals surface area contributed by atoms with Crippen LogP contribution in [0.25, 0.3) is 21.7 Å². The Balaban J connectivity index is 1.15. The van der Waals surface area contributed by atoms with Crippen molar-refractivity contribution in [3.8, 4) is 39.6 Å². The number of esters is 1. The molecule has 4 heterocycles. The molecule has 14 heteroatoms. The number of carbonyl (C=O) groups is 2. The third kappa shape index (κ3) is 8.81. The summed E-state index contributed by atoms with van der Waals surface area (Å²) in [5.41, 5.74) is 3.76. The maximum atomic E-state index is 12.4. The van der Waals surface area contributed by atoms with Gasteiger partial charge in [0.2, 0.25) is 5.91 Å². The molecule has 2 saturated heterocycles. The molecule has 0 spiro atoms. The topological polar surface area (TPSA) is 153 Å². The highest BCUT2D eigenvalue weighted by molar-refractivity contribution is 7.98. The van der Waals surface area contributed by atoms with Gasteiger partial charge in [-0.3, -0.25) is 4.79 Å². The van der Waals surface area contributed by atoms with Crippen molar-refractivity contribution in [1.82, 2.24) is 20.6 Å². The van der Waals surface area contributed by atoms with Gasteiger partial charge in [-0.25, -0.2) is 14.8 Å². The number of amides is 1. The highest BCUT2D eigenvalue weighted by Crippen LogP contribution is 2.40. The number of pyridine rings is 1. The molecule has 0 bridgehead atoms. The van der Waals surface area contributed by atoms with Gasteiger partial charge in [0, 0.05) is 40.4 Å². The van der Waals surface area contributed by atoms with Crippen molar-refractivity contribution in [3.05, 3.63) is 75.8 Å². The van der Waals surface area contributed by atoms with Crippen LogP contribution < -0.4 is 20.3 Å².